The van der Waals surface area contributed by atoms with Crippen LogP contribution >= 0.6 is 15.9 Å². The van der Waals surface area contributed by atoms with Gasteiger partial charge < -0.3 is 4.74 Å². The third kappa shape index (κ3) is 5.25. The van der Waals surface area contributed by atoms with Crippen molar-refractivity contribution in [3.8, 4) is 5.75 Å². The van der Waals surface area contributed by atoms with Gasteiger partial charge in [-0.05, 0) is 42.3 Å². The lowest BCUT2D eigenvalue weighted by Crippen LogP contribution is -2.26. The molecule has 0 amide bonds. The Morgan fingerprint density at radius 3 is 2.28 bits per heavy atom. The van der Waals surface area contributed by atoms with Crippen molar-refractivity contribution in [2.75, 3.05) is 13.7 Å². The maximum Gasteiger partial charge on any atom is 0.244 e. The number of ether oxygens (including phenoxy) is 1. The molecule has 0 aromatic heterocycles. The fourth-order valence-corrected chi connectivity index (χ4v) is 4.37. The number of primary sulfonamides is 1. The lowest BCUT2D eigenvalue weighted by molar-refractivity contribution is 0.402. The fourth-order valence-electron chi connectivity index (χ4n) is 2.11. The van der Waals surface area contributed by atoms with Gasteiger partial charge in [0.1, 0.15) is 10.6 Å². The topological polar surface area (TPSA) is 116 Å². The molecule has 0 saturated heterocycles. The Hall–Kier alpha value is -1.46. The molecule has 0 fully saturated rings. The lowest BCUT2D eigenvalue weighted by atomic mass is 10.2. The molecule has 2 aromatic carbocycles. The van der Waals surface area contributed by atoms with Gasteiger partial charge in [0.25, 0.3) is 0 Å². The first-order chi connectivity index (χ1) is 11.6. The molecule has 0 heterocycles. The maximum absolute atomic E-state index is 12.4. The Kier molecular flexibility index (Phi) is 6.22. The fraction of sp³-hybridized carbons (Fsp3) is 0.200. The summed E-state index contributed by atoms with van der Waals surface area (Å²) in [5, 5.41) is 5.03. The van der Waals surface area contributed by atoms with Gasteiger partial charge in [0, 0.05) is 11.0 Å². The monoisotopic (exact) mass is 448 g/mol. The number of halogens is 1. The summed E-state index contributed by atoms with van der Waals surface area (Å²) in [5.41, 5.74) is 0.774. The smallest absolute Gasteiger partial charge is 0.244 e. The van der Waals surface area contributed by atoms with E-state index in [1.165, 1.54) is 25.3 Å². The molecule has 25 heavy (non-hydrogen) atoms. The predicted octanol–water partition coefficient (Wildman–Crippen LogP) is 1.63. The highest BCUT2D eigenvalue weighted by Gasteiger charge is 2.19. The first-order valence-electron chi connectivity index (χ1n) is 7.08. The normalized spacial score (nSPS) is 12.1. The second kappa shape index (κ2) is 7.83. The van der Waals surface area contributed by atoms with E-state index in [0.29, 0.717) is 10.9 Å². The van der Waals surface area contributed by atoms with Crippen LogP contribution in [0.1, 0.15) is 5.56 Å². The van der Waals surface area contributed by atoms with Crippen molar-refractivity contribution in [2.24, 2.45) is 5.14 Å². The molecule has 3 N–H and O–H groups in total. The third-order valence-electron chi connectivity index (χ3n) is 3.37. The predicted molar refractivity (Wildman–Crippen MR) is 97.4 cm³/mol. The molecular formula is C15H17BrN2O5S2. The Labute approximate surface area is 155 Å². The van der Waals surface area contributed by atoms with Crippen molar-refractivity contribution in [2.45, 2.75) is 16.2 Å². The van der Waals surface area contributed by atoms with Crippen LogP contribution in [0.2, 0.25) is 0 Å². The zero-order valence-electron chi connectivity index (χ0n) is 13.3. The number of nitrogens with one attached hydrogen (secondary N) is 1. The van der Waals surface area contributed by atoms with Crippen molar-refractivity contribution < 1.29 is 21.6 Å². The minimum atomic E-state index is -3.75. The average Bonchev–Trinajstić information content (AvgIpc) is 2.54. The minimum Gasteiger partial charge on any atom is -0.495 e. The van der Waals surface area contributed by atoms with Gasteiger partial charge in [0.15, 0.2) is 0 Å². The molecular weight excluding hydrogens is 432 g/mol. The Morgan fingerprint density at radius 1 is 1.08 bits per heavy atom. The highest BCUT2D eigenvalue weighted by atomic mass is 79.9. The van der Waals surface area contributed by atoms with Gasteiger partial charge in [-0.2, -0.15) is 0 Å². The molecule has 0 bridgehead atoms. The molecule has 0 aliphatic heterocycles. The number of benzene rings is 2. The summed E-state index contributed by atoms with van der Waals surface area (Å²) in [6.45, 7) is 0.146. The molecule has 0 aliphatic rings. The van der Waals surface area contributed by atoms with Crippen LogP contribution in [0.5, 0.6) is 5.75 Å². The summed E-state index contributed by atoms with van der Waals surface area (Å²) in [5.74, 6) is 0.244. The zero-order valence-corrected chi connectivity index (χ0v) is 16.5. The van der Waals surface area contributed by atoms with Crippen molar-refractivity contribution >= 4 is 36.0 Å². The van der Waals surface area contributed by atoms with E-state index >= 15 is 0 Å². The number of methoxy groups -OCH3 is 1. The molecule has 0 radical (unpaired) electrons. The van der Waals surface area contributed by atoms with Gasteiger partial charge >= 0.3 is 0 Å². The highest BCUT2D eigenvalue weighted by molar-refractivity contribution is 9.10. The van der Waals surface area contributed by atoms with Crippen molar-refractivity contribution in [3.63, 3.8) is 0 Å². The van der Waals surface area contributed by atoms with E-state index < -0.39 is 20.0 Å². The number of sulfonamides is 2. The summed E-state index contributed by atoms with van der Waals surface area (Å²) in [7, 11) is -6.09. The minimum absolute atomic E-state index is 0.00991. The third-order valence-corrected chi connectivity index (χ3v) is 6.28. The van der Waals surface area contributed by atoms with Crippen molar-refractivity contribution in [3.05, 3.63) is 52.5 Å². The maximum atomic E-state index is 12.4. The molecule has 136 valence electrons. The molecule has 2 aromatic rings. The first-order valence-corrected chi connectivity index (χ1v) is 10.9. The average molecular weight is 449 g/mol. The van der Waals surface area contributed by atoms with Crippen LogP contribution < -0.4 is 14.6 Å². The van der Waals surface area contributed by atoms with E-state index in [1.54, 1.807) is 24.3 Å². The molecule has 2 rings (SSSR count). The van der Waals surface area contributed by atoms with Crippen LogP contribution in [-0.4, -0.2) is 30.5 Å². The Balaban J connectivity index is 2.07. The quantitative estimate of drug-likeness (QED) is 0.667. The highest BCUT2D eigenvalue weighted by Crippen LogP contribution is 2.27. The number of rotatable bonds is 7. The summed E-state index contributed by atoms with van der Waals surface area (Å²) < 4.78 is 55.5. The zero-order chi connectivity index (χ0) is 18.7. The van der Waals surface area contributed by atoms with Gasteiger partial charge in [0.2, 0.25) is 20.0 Å². The molecule has 0 aliphatic carbocycles. The van der Waals surface area contributed by atoms with Gasteiger partial charge in [0.05, 0.1) is 12.0 Å². The molecule has 0 saturated carbocycles. The van der Waals surface area contributed by atoms with E-state index in [2.05, 4.69) is 20.7 Å². The summed E-state index contributed by atoms with van der Waals surface area (Å²) in [6, 6.07) is 10.7. The van der Waals surface area contributed by atoms with Gasteiger partial charge in [-0.3, -0.25) is 0 Å². The van der Waals surface area contributed by atoms with E-state index in [9.17, 15) is 16.8 Å². The molecule has 0 atom stereocenters. The van der Waals surface area contributed by atoms with Gasteiger partial charge in [-0.15, -0.1) is 0 Å². The van der Waals surface area contributed by atoms with Gasteiger partial charge in [-0.25, -0.2) is 26.7 Å². The van der Waals surface area contributed by atoms with Crippen molar-refractivity contribution in [1.82, 2.24) is 4.72 Å². The number of hydrogen-bond donors (Lipinski definition) is 2. The first kappa shape index (κ1) is 19.9. The van der Waals surface area contributed by atoms with Crippen LogP contribution in [-0.2, 0) is 26.5 Å². The van der Waals surface area contributed by atoms with Crippen LogP contribution in [0.25, 0.3) is 0 Å². The second-order valence-corrected chi connectivity index (χ2v) is 9.34. The Bertz CT molecular complexity index is 958. The Morgan fingerprint density at radius 2 is 1.72 bits per heavy atom. The molecule has 10 heteroatoms. The standard InChI is InChI=1S/C15H17BrN2O5S2/c1-23-14-7-4-12(16)10-15(14)25(21,22)18-9-8-11-2-5-13(6-3-11)24(17,19)20/h2-7,10,18H,8-9H2,1H3,(H2,17,19,20). The summed E-state index contributed by atoms with van der Waals surface area (Å²) in [4.78, 5) is 0.0460. The van der Waals surface area contributed by atoms with Crippen LogP contribution in [0.3, 0.4) is 0 Å². The molecule has 0 spiro atoms. The lowest BCUT2D eigenvalue weighted by Gasteiger charge is -2.11. The van der Waals surface area contributed by atoms with Crippen molar-refractivity contribution in [1.29, 1.82) is 0 Å². The number of hydrogen-bond acceptors (Lipinski definition) is 5. The molecule has 0 unspecified atom stereocenters. The molecule has 7 nitrogen and oxygen atoms in total. The van der Waals surface area contributed by atoms with E-state index in [1.807, 2.05) is 0 Å². The van der Waals surface area contributed by atoms with Crippen LogP contribution in [0, 0.1) is 0 Å². The van der Waals surface area contributed by atoms with Crippen LogP contribution in [0.4, 0.5) is 0 Å². The van der Waals surface area contributed by atoms with E-state index in [4.69, 9.17) is 9.88 Å². The SMILES string of the molecule is COc1ccc(Br)cc1S(=O)(=O)NCCc1ccc(S(N)(=O)=O)cc1. The summed E-state index contributed by atoms with van der Waals surface area (Å²) >= 11 is 3.24. The van der Waals surface area contributed by atoms with E-state index in [0.717, 1.165) is 5.56 Å². The van der Waals surface area contributed by atoms with E-state index in [-0.39, 0.29) is 22.1 Å². The summed E-state index contributed by atoms with van der Waals surface area (Å²) in [6.07, 6.45) is 0.389. The van der Waals surface area contributed by atoms with Crippen LogP contribution in [0.15, 0.2) is 56.7 Å². The van der Waals surface area contributed by atoms with Gasteiger partial charge in [-0.1, -0.05) is 28.1 Å². The number of nitrogens with two attached hydrogens (primary N) is 1. The second-order valence-electron chi connectivity index (χ2n) is 5.13. The largest absolute Gasteiger partial charge is 0.495 e.